The van der Waals surface area contributed by atoms with Crippen molar-refractivity contribution in [3.63, 3.8) is 0 Å². The molecule has 0 radical (unpaired) electrons. The predicted molar refractivity (Wildman–Crippen MR) is 73.6 cm³/mol. The third-order valence-corrected chi connectivity index (χ3v) is 5.05. The minimum absolute atomic E-state index is 0.145. The molecule has 1 aromatic rings. The van der Waals surface area contributed by atoms with E-state index < -0.39 is 11.9 Å². The molecule has 21 heavy (non-hydrogen) atoms. The molecular formula is C15H20N2O4. The predicted octanol–water partition coefficient (Wildman–Crippen LogP) is 1.45. The van der Waals surface area contributed by atoms with Gasteiger partial charge < -0.3 is 14.9 Å². The molecule has 2 saturated carbocycles. The number of aromatic nitrogens is 1. The minimum Gasteiger partial charge on any atom is -0.481 e. The first-order valence-corrected chi connectivity index (χ1v) is 7.41. The Morgan fingerprint density at radius 2 is 2.05 bits per heavy atom. The smallest absolute Gasteiger partial charge is 0.308 e. The third kappa shape index (κ3) is 2.43. The van der Waals surface area contributed by atoms with Crippen LogP contribution in [0, 0.1) is 31.6 Å². The second-order valence-electron chi connectivity index (χ2n) is 6.27. The number of aryl methyl sites for hydroxylation is 2. The zero-order valence-electron chi connectivity index (χ0n) is 12.3. The molecule has 2 aliphatic carbocycles. The van der Waals surface area contributed by atoms with Crippen LogP contribution in [0.25, 0.3) is 0 Å². The Balaban J connectivity index is 1.68. The number of carboxylic acids is 1. The van der Waals surface area contributed by atoms with Gasteiger partial charge in [0.05, 0.1) is 18.0 Å². The van der Waals surface area contributed by atoms with E-state index in [1.807, 2.05) is 0 Å². The van der Waals surface area contributed by atoms with Crippen LogP contribution in [0.2, 0.25) is 0 Å². The van der Waals surface area contributed by atoms with Gasteiger partial charge in [-0.25, -0.2) is 0 Å². The maximum absolute atomic E-state index is 12.2. The molecule has 2 fully saturated rings. The van der Waals surface area contributed by atoms with Crippen molar-refractivity contribution in [2.45, 2.75) is 45.6 Å². The highest BCUT2D eigenvalue weighted by Crippen LogP contribution is 2.48. The maximum atomic E-state index is 12.2. The van der Waals surface area contributed by atoms with E-state index >= 15 is 0 Å². The fraction of sp³-hybridized carbons (Fsp3) is 0.667. The van der Waals surface area contributed by atoms with Gasteiger partial charge in [-0.15, -0.1) is 0 Å². The first-order chi connectivity index (χ1) is 9.97. The fourth-order valence-corrected chi connectivity index (χ4v) is 4.01. The van der Waals surface area contributed by atoms with Crippen molar-refractivity contribution in [3.05, 3.63) is 17.0 Å². The first kappa shape index (κ1) is 14.1. The lowest BCUT2D eigenvalue weighted by Gasteiger charge is -2.28. The zero-order valence-corrected chi connectivity index (χ0v) is 12.3. The lowest BCUT2D eigenvalue weighted by molar-refractivity contribution is -0.144. The van der Waals surface area contributed by atoms with Gasteiger partial charge in [0.15, 0.2) is 0 Å². The second kappa shape index (κ2) is 5.16. The van der Waals surface area contributed by atoms with Crippen LogP contribution in [-0.2, 0) is 16.0 Å². The highest BCUT2D eigenvalue weighted by molar-refractivity contribution is 5.81. The molecule has 1 aromatic heterocycles. The Hall–Kier alpha value is -1.85. The molecule has 2 bridgehead atoms. The van der Waals surface area contributed by atoms with Crippen LogP contribution in [0.3, 0.4) is 0 Å². The number of hydrogen-bond acceptors (Lipinski definition) is 4. The maximum Gasteiger partial charge on any atom is 0.308 e. The van der Waals surface area contributed by atoms with E-state index in [1.54, 1.807) is 13.8 Å². The van der Waals surface area contributed by atoms with Gasteiger partial charge >= 0.3 is 5.97 Å². The van der Waals surface area contributed by atoms with Crippen molar-refractivity contribution in [3.8, 4) is 0 Å². The number of hydrogen-bond donors (Lipinski definition) is 2. The second-order valence-corrected chi connectivity index (χ2v) is 6.27. The van der Waals surface area contributed by atoms with Gasteiger partial charge in [0.2, 0.25) is 5.91 Å². The molecule has 4 atom stereocenters. The number of carbonyl (C=O) groups is 2. The summed E-state index contributed by atoms with van der Waals surface area (Å²) >= 11 is 0. The summed E-state index contributed by atoms with van der Waals surface area (Å²) in [7, 11) is 0. The van der Waals surface area contributed by atoms with E-state index in [0.717, 1.165) is 24.8 Å². The van der Waals surface area contributed by atoms with Gasteiger partial charge in [0, 0.05) is 11.6 Å². The summed E-state index contributed by atoms with van der Waals surface area (Å²) in [5.74, 6) is -0.192. The summed E-state index contributed by atoms with van der Waals surface area (Å²) < 4.78 is 5.05. The quantitative estimate of drug-likeness (QED) is 0.876. The number of rotatable bonds is 4. The molecule has 2 aliphatic rings. The van der Waals surface area contributed by atoms with Gasteiger partial charge in [-0.3, -0.25) is 9.59 Å². The largest absolute Gasteiger partial charge is 0.481 e. The number of nitrogens with zero attached hydrogens (tertiary/aromatic N) is 1. The Bertz CT molecular complexity index is 561. The number of carbonyl (C=O) groups excluding carboxylic acids is 1. The van der Waals surface area contributed by atoms with Crippen LogP contribution < -0.4 is 5.32 Å². The number of carboxylic acid groups (broad SMARTS) is 1. The van der Waals surface area contributed by atoms with E-state index in [2.05, 4.69) is 10.5 Å². The first-order valence-electron chi connectivity index (χ1n) is 7.41. The van der Waals surface area contributed by atoms with Crippen molar-refractivity contribution >= 4 is 11.9 Å². The summed E-state index contributed by atoms with van der Waals surface area (Å²) in [5.41, 5.74) is 1.51. The van der Waals surface area contributed by atoms with E-state index in [-0.39, 0.29) is 24.3 Å². The lowest BCUT2D eigenvalue weighted by atomic mass is 9.84. The molecule has 3 rings (SSSR count). The van der Waals surface area contributed by atoms with Crippen molar-refractivity contribution in [2.24, 2.45) is 17.8 Å². The van der Waals surface area contributed by atoms with Crippen LogP contribution in [0.1, 0.15) is 36.3 Å². The number of fused-ring (bicyclic) bond motifs is 2. The third-order valence-electron chi connectivity index (χ3n) is 5.05. The molecule has 114 valence electrons. The fourth-order valence-electron chi connectivity index (χ4n) is 4.01. The molecule has 0 aromatic carbocycles. The van der Waals surface area contributed by atoms with Gasteiger partial charge in [-0.05, 0) is 44.9 Å². The van der Waals surface area contributed by atoms with Crippen molar-refractivity contribution in [1.82, 2.24) is 10.5 Å². The van der Waals surface area contributed by atoms with Gasteiger partial charge in [-0.1, -0.05) is 5.16 Å². The molecule has 0 aliphatic heterocycles. The van der Waals surface area contributed by atoms with Crippen molar-refractivity contribution in [2.75, 3.05) is 0 Å². The summed E-state index contributed by atoms with van der Waals surface area (Å²) in [4.78, 5) is 23.7. The minimum atomic E-state index is -0.787. The molecule has 6 heteroatoms. The topological polar surface area (TPSA) is 92.4 Å². The molecule has 1 amide bonds. The number of nitrogens with one attached hydrogen (secondary N) is 1. The van der Waals surface area contributed by atoms with Gasteiger partial charge in [0.1, 0.15) is 5.76 Å². The molecule has 6 nitrogen and oxygen atoms in total. The molecular weight excluding hydrogens is 272 g/mol. The highest BCUT2D eigenvalue weighted by atomic mass is 16.5. The van der Waals surface area contributed by atoms with Crippen LogP contribution in [-0.4, -0.2) is 28.2 Å². The average molecular weight is 292 g/mol. The summed E-state index contributed by atoms with van der Waals surface area (Å²) in [6.07, 6.45) is 3.11. The summed E-state index contributed by atoms with van der Waals surface area (Å²) in [6, 6.07) is -0.228. The molecule has 4 unspecified atom stereocenters. The van der Waals surface area contributed by atoms with Crippen LogP contribution in [0.5, 0.6) is 0 Å². The van der Waals surface area contributed by atoms with E-state index in [0.29, 0.717) is 17.4 Å². The van der Waals surface area contributed by atoms with E-state index in [1.165, 1.54) is 0 Å². The Kier molecular flexibility index (Phi) is 3.47. The average Bonchev–Trinajstić information content (AvgIpc) is 3.09. The van der Waals surface area contributed by atoms with Gasteiger partial charge in [-0.2, -0.15) is 0 Å². The van der Waals surface area contributed by atoms with Crippen LogP contribution in [0.4, 0.5) is 0 Å². The van der Waals surface area contributed by atoms with Crippen LogP contribution in [0.15, 0.2) is 4.52 Å². The van der Waals surface area contributed by atoms with Gasteiger partial charge in [0.25, 0.3) is 0 Å². The SMILES string of the molecule is Cc1noc(C)c1CC(=O)NC1C2CCC(C2)C1C(=O)O. The molecule has 0 saturated heterocycles. The van der Waals surface area contributed by atoms with E-state index in [9.17, 15) is 14.7 Å². The Morgan fingerprint density at radius 3 is 2.67 bits per heavy atom. The Labute approximate surface area is 122 Å². The van der Waals surface area contributed by atoms with Crippen molar-refractivity contribution in [1.29, 1.82) is 0 Å². The van der Waals surface area contributed by atoms with Crippen LogP contribution >= 0.6 is 0 Å². The number of amides is 1. The van der Waals surface area contributed by atoms with Crippen molar-refractivity contribution < 1.29 is 19.2 Å². The molecule has 0 spiro atoms. The zero-order chi connectivity index (χ0) is 15.1. The standard InChI is InChI=1S/C15H20N2O4/c1-7-11(8(2)21-17-7)6-12(18)16-14-10-4-3-9(5-10)13(14)15(19)20/h9-10,13-14H,3-6H2,1-2H3,(H,16,18)(H,19,20). The Morgan fingerprint density at radius 1 is 1.33 bits per heavy atom. The highest BCUT2D eigenvalue weighted by Gasteiger charge is 2.51. The molecule has 2 N–H and O–H groups in total. The normalized spacial score (nSPS) is 30.6. The summed E-state index contributed by atoms with van der Waals surface area (Å²) in [6.45, 7) is 3.58. The number of aliphatic carboxylic acids is 1. The lowest BCUT2D eigenvalue weighted by Crippen LogP contribution is -2.47. The molecule has 1 heterocycles. The monoisotopic (exact) mass is 292 g/mol. The van der Waals surface area contributed by atoms with E-state index in [4.69, 9.17) is 4.52 Å². The summed E-state index contributed by atoms with van der Waals surface area (Å²) in [5, 5.41) is 16.2.